The van der Waals surface area contributed by atoms with Crippen molar-refractivity contribution in [3.05, 3.63) is 59.9 Å². The molecule has 0 aromatic heterocycles. The minimum atomic E-state index is -0.382. The molecule has 0 aliphatic carbocycles. The molecule has 0 spiro atoms. The third kappa shape index (κ3) is 3.32. The van der Waals surface area contributed by atoms with E-state index in [-0.39, 0.29) is 17.2 Å². The first-order valence-electron chi connectivity index (χ1n) is 8.86. The molecular weight excluding hydrogens is 296 g/mol. The fourth-order valence-corrected chi connectivity index (χ4v) is 3.68. The Labute approximate surface area is 145 Å². The molecule has 0 radical (unpaired) electrons. The predicted molar refractivity (Wildman–Crippen MR) is 98.4 cm³/mol. The molecule has 0 bridgehead atoms. The maximum absolute atomic E-state index is 12.7. The summed E-state index contributed by atoms with van der Waals surface area (Å²) in [5.41, 5.74) is 2.25. The van der Waals surface area contributed by atoms with Gasteiger partial charge in [0, 0.05) is 29.8 Å². The van der Waals surface area contributed by atoms with Crippen molar-refractivity contribution in [1.82, 2.24) is 9.80 Å². The van der Waals surface area contributed by atoms with Crippen molar-refractivity contribution < 1.29 is 4.79 Å². The van der Waals surface area contributed by atoms with Crippen LogP contribution >= 0.6 is 0 Å². The van der Waals surface area contributed by atoms with Crippen molar-refractivity contribution in [2.75, 3.05) is 13.6 Å². The second-order valence-electron chi connectivity index (χ2n) is 7.96. The molecule has 0 N–H and O–H groups in total. The normalized spacial score (nSPS) is 25.0. The highest BCUT2D eigenvalue weighted by Gasteiger charge is 2.34. The van der Waals surface area contributed by atoms with E-state index in [1.54, 1.807) is 4.90 Å². The van der Waals surface area contributed by atoms with Crippen LogP contribution in [0.5, 0.6) is 0 Å². The topological polar surface area (TPSA) is 23.6 Å². The van der Waals surface area contributed by atoms with E-state index in [0.29, 0.717) is 6.04 Å². The molecule has 2 heterocycles. The van der Waals surface area contributed by atoms with Crippen LogP contribution in [0, 0.1) is 5.41 Å². The summed E-state index contributed by atoms with van der Waals surface area (Å²) in [7, 11) is 2.19. The smallest absolute Gasteiger partial charge is 0.235 e. The zero-order valence-corrected chi connectivity index (χ0v) is 15.2. The van der Waals surface area contributed by atoms with Crippen LogP contribution < -0.4 is 0 Å². The first kappa shape index (κ1) is 17.0. The van der Waals surface area contributed by atoms with E-state index in [9.17, 15) is 4.79 Å². The second-order valence-corrected chi connectivity index (χ2v) is 7.96. The van der Waals surface area contributed by atoms with E-state index < -0.39 is 0 Å². The third-order valence-corrected chi connectivity index (χ3v) is 5.03. The van der Waals surface area contributed by atoms with Crippen molar-refractivity contribution >= 4 is 5.91 Å². The molecule has 0 saturated carbocycles. The van der Waals surface area contributed by atoms with Gasteiger partial charge in [0.15, 0.2) is 0 Å². The molecule has 3 nitrogen and oxygen atoms in total. The number of hydrogen-bond donors (Lipinski definition) is 0. The van der Waals surface area contributed by atoms with Crippen LogP contribution in [0.2, 0.25) is 0 Å². The predicted octanol–water partition coefficient (Wildman–Crippen LogP) is 4.15. The molecule has 128 valence electrons. The summed E-state index contributed by atoms with van der Waals surface area (Å²) in [6, 6.07) is 11.0. The van der Waals surface area contributed by atoms with Crippen LogP contribution in [0.15, 0.2) is 54.4 Å². The molecule has 24 heavy (non-hydrogen) atoms. The lowest BCUT2D eigenvalue weighted by atomic mass is 9.84. The summed E-state index contributed by atoms with van der Waals surface area (Å²) >= 11 is 0. The van der Waals surface area contributed by atoms with Crippen LogP contribution in [-0.4, -0.2) is 35.3 Å². The number of hydrogen-bond acceptors (Lipinski definition) is 2. The minimum Gasteiger partial charge on any atom is -0.300 e. The quantitative estimate of drug-likeness (QED) is 0.816. The molecule has 1 amide bonds. The zero-order valence-electron chi connectivity index (χ0n) is 15.2. The first-order valence-corrected chi connectivity index (χ1v) is 8.86. The summed E-state index contributed by atoms with van der Waals surface area (Å²) in [5, 5.41) is 0. The molecule has 1 saturated heterocycles. The van der Waals surface area contributed by atoms with Crippen molar-refractivity contribution in [2.24, 2.45) is 5.41 Å². The molecule has 1 aromatic rings. The Morgan fingerprint density at radius 1 is 1.17 bits per heavy atom. The van der Waals surface area contributed by atoms with Gasteiger partial charge in [0.25, 0.3) is 0 Å². The Balaban J connectivity index is 1.97. The maximum Gasteiger partial charge on any atom is 0.235 e. The van der Waals surface area contributed by atoms with Gasteiger partial charge in [-0.2, -0.15) is 0 Å². The summed E-state index contributed by atoms with van der Waals surface area (Å²) in [4.78, 5) is 16.9. The van der Waals surface area contributed by atoms with Crippen LogP contribution in [0.1, 0.15) is 45.1 Å². The average molecular weight is 324 g/mol. The average Bonchev–Trinajstić information content (AvgIpc) is 2.99. The number of carbonyl (C=O) groups excluding carboxylic acids is 1. The van der Waals surface area contributed by atoms with Crippen molar-refractivity contribution in [2.45, 2.75) is 45.6 Å². The summed E-state index contributed by atoms with van der Waals surface area (Å²) in [6.07, 6.45) is 8.61. The highest BCUT2D eigenvalue weighted by Crippen LogP contribution is 2.37. The second kappa shape index (κ2) is 6.56. The van der Waals surface area contributed by atoms with Crippen LogP contribution in [0.25, 0.3) is 0 Å². The Morgan fingerprint density at radius 3 is 2.46 bits per heavy atom. The molecular formula is C21H28N2O. The number of nitrogens with zero attached hydrogens (tertiary/aromatic N) is 2. The largest absolute Gasteiger partial charge is 0.300 e. The van der Waals surface area contributed by atoms with Gasteiger partial charge in [-0.15, -0.1) is 0 Å². The van der Waals surface area contributed by atoms with Gasteiger partial charge < -0.3 is 0 Å². The van der Waals surface area contributed by atoms with Crippen molar-refractivity contribution in [1.29, 1.82) is 0 Å². The van der Waals surface area contributed by atoms with Gasteiger partial charge >= 0.3 is 0 Å². The number of amides is 1. The molecule has 2 aliphatic heterocycles. The van der Waals surface area contributed by atoms with E-state index in [4.69, 9.17) is 0 Å². The number of carbonyl (C=O) groups is 1. The first-order chi connectivity index (χ1) is 11.4. The molecule has 3 heteroatoms. The van der Waals surface area contributed by atoms with Gasteiger partial charge in [-0.3, -0.25) is 14.6 Å². The van der Waals surface area contributed by atoms with E-state index in [0.717, 1.165) is 13.0 Å². The highest BCUT2D eigenvalue weighted by molar-refractivity contribution is 5.83. The standard InChI is InChI=1S/C21H28N2O/c1-21(2,3)20(24)23-14-12-17(16-9-6-5-7-10-16)18(15-23)19-11-8-13-22(19)4/h5-7,9-10,12,14-15,17,19H,8,11,13H2,1-4H3/t17-,19-/m0/s1. The van der Waals surface area contributed by atoms with Gasteiger partial charge in [-0.25, -0.2) is 0 Å². The molecule has 0 unspecified atom stereocenters. The molecule has 3 rings (SSSR count). The summed E-state index contributed by atoms with van der Waals surface area (Å²) in [5.74, 6) is 0.393. The molecule has 2 aliphatic rings. The SMILES string of the molecule is CN1CCC[C@H]1C1=CN(C(=O)C(C)(C)C)C=C[C@H]1c1ccccc1. The van der Waals surface area contributed by atoms with E-state index in [1.807, 2.05) is 27.0 Å². The Bertz CT molecular complexity index is 654. The number of allylic oxidation sites excluding steroid dienone is 1. The fraction of sp³-hybridized carbons (Fsp3) is 0.476. The monoisotopic (exact) mass is 324 g/mol. The van der Waals surface area contributed by atoms with Crippen LogP contribution in [-0.2, 0) is 4.79 Å². The lowest BCUT2D eigenvalue weighted by Crippen LogP contribution is -2.37. The Morgan fingerprint density at radius 2 is 1.88 bits per heavy atom. The van der Waals surface area contributed by atoms with Gasteiger partial charge in [0.1, 0.15) is 0 Å². The Kier molecular flexibility index (Phi) is 4.64. The molecule has 1 fully saturated rings. The Hall–Kier alpha value is -1.87. The van der Waals surface area contributed by atoms with Gasteiger partial charge in [0.2, 0.25) is 5.91 Å². The lowest BCUT2D eigenvalue weighted by molar-refractivity contribution is -0.134. The van der Waals surface area contributed by atoms with Crippen molar-refractivity contribution in [3.63, 3.8) is 0 Å². The van der Waals surface area contributed by atoms with Gasteiger partial charge in [0.05, 0.1) is 0 Å². The summed E-state index contributed by atoms with van der Waals surface area (Å²) in [6.45, 7) is 7.05. The highest BCUT2D eigenvalue weighted by atomic mass is 16.2. The van der Waals surface area contributed by atoms with Gasteiger partial charge in [-0.1, -0.05) is 57.2 Å². The molecule has 1 aromatic carbocycles. The number of benzene rings is 1. The number of likely N-dealkylation sites (tertiary alicyclic amines) is 1. The third-order valence-electron chi connectivity index (χ3n) is 5.03. The maximum atomic E-state index is 12.7. The van der Waals surface area contributed by atoms with E-state index in [2.05, 4.69) is 54.6 Å². The van der Waals surface area contributed by atoms with E-state index >= 15 is 0 Å². The fourth-order valence-electron chi connectivity index (χ4n) is 3.68. The zero-order chi connectivity index (χ0) is 17.3. The number of rotatable bonds is 2. The van der Waals surface area contributed by atoms with Crippen LogP contribution in [0.4, 0.5) is 0 Å². The lowest BCUT2D eigenvalue weighted by Gasteiger charge is -2.34. The van der Waals surface area contributed by atoms with Crippen molar-refractivity contribution in [3.8, 4) is 0 Å². The summed E-state index contributed by atoms with van der Waals surface area (Å²) < 4.78 is 0. The van der Waals surface area contributed by atoms with E-state index in [1.165, 1.54) is 17.6 Å². The van der Waals surface area contributed by atoms with Gasteiger partial charge in [-0.05, 0) is 37.6 Å². The van der Waals surface area contributed by atoms with Crippen LogP contribution in [0.3, 0.4) is 0 Å². The number of likely N-dealkylation sites (N-methyl/N-ethyl adjacent to an activating group) is 1. The molecule has 2 atom stereocenters. The minimum absolute atomic E-state index is 0.142.